The van der Waals surface area contributed by atoms with Gasteiger partial charge in [0.15, 0.2) is 0 Å². The van der Waals surface area contributed by atoms with Crippen LogP contribution in [0.3, 0.4) is 0 Å². The van der Waals surface area contributed by atoms with E-state index in [9.17, 15) is 14.0 Å². The molecule has 1 atom stereocenters. The van der Waals surface area contributed by atoms with Crippen molar-refractivity contribution in [2.75, 3.05) is 7.11 Å². The van der Waals surface area contributed by atoms with Crippen LogP contribution in [0.5, 0.6) is 5.75 Å². The van der Waals surface area contributed by atoms with Crippen molar-refractivity contribution in [1.29, 1.82) is 0 Å². The molecule has 0 radical (unpaired) electrons. The van der Waals surface area contributed by atoms with E-state index in [0.717, 1.165) is 36.1 Å². The topological polar surface area (TPSA) is 58.6 Å². The average molecular weight is 495 g/mol. The molecule has 1 fully saturated rings. The van der Waals surface area contributed by atoms with Gasteiger partial charge in [0, 0.05) is 16.5 Å². The zero-order chi connectivity index (χ0) is 24.6. The summed E-state index contributed by atoms with van der Waals surface area (Å²) in [5.74, 6) is -0.155. The number of nitrogens with zero attached hydrogens (tertiary/aromatic N) is 1. The van der Waals surface area contributed by atoms with Gasteiger partial charge in [0.1, 0.15) is 17.6 Å². The van der Waals surface area contributed by atoms with Gasteiger partial charge in [0.25, 0.3) is 0 Å². The summed E-state index contributed by atoms with van der Waals surface area (Å²) in [6, 6.07) is 16.4. The number of carbonyl (C=O) groups is 2. The Morgan fingerprint density at radius 3 is 2.49 bits per heavy atom. The molecule has 3 aromatic rings. The number of benzene rings is 2. The fourth-order valence-electron chi connectivity index (χ4n) is 4.65. The molecular weight excluding hydrogens is 463 g/mol. The smallest absolute Gasteiger partial charge is 0.247 e. The quantitative estimate of drug-likeness (QED) is 0.418. The van der Waals surface area contributed by atoms with Crippen LogP contribution in [0.1, 0.15) is 54.1 Å². The summed E-state index contributed by atoms with van der Waals surface area (Å²) in [5.41, 5.74) is 1.38. The van der Waals surface area contributed by atoms with E-state index in [1.807, 2.05) is 41.8 Å². The number of methoxy groups -OCH3 is 1. The molecule has 1 unspecified atom stereocenters. The van der Waals surface area contributed by atoms with Crippen LogP contribution in [0.2, 0.25) is 0 Å². The normalized spacial score (nSPS) is 14.8. The van der Waals surface area contributed by atoms with Gasteiger partial charge in [-0.3, -0.25) is 9.59 Å². The van der Waals surface area contributed by atoms with Crippen LogP contribution in [-0.2, 0) is 22.6 Å². The van der Waals surface area contributed by atoms with E-state index in [4.69, 9.17) is 4.74 Å². The lowest BCUT2D eigenvalue weighted by molar-refractivity contribution is -0.141. The number of rotatable bonds is 9. The maximum absolute atomic E-state index is 13.8. The van der Waals surface area contributed by atoms with Crippen LogP contribution in [0, 0.1) is 5.82 Å². The summed E-state index contributed by atoms with van der Waals surface area (Å²) < 4.78 is 19.3. The van der Waals surface area contributed by atoms with Crippen molar-refractivity contribution in [2.45, 2.75) is 57.2 Å². The fraction of sp³-hybridized carbons (Fsp3) is 0.357. The number of halogens is 1. The van der Waals surface area contributed by atoms with E-state index in [1.54, 1.807) is 24.1 Å². The van der Waals surface area contributed by atoms with Crippen molar-refractivity contribution in [3.05, 3.63) is 87.9 Å². The third kappa shape index (κ3) is 6.48. The molecule has 1 aromatic heterocycles. The summed E-state index contributed by atoms with van der Waals surface area (Å²) in [7, 11) is 1.59. The molecule has 1 aliphatic rings. The van der Waals surface area contributed by atoms with E-state index >= 15 is 0 Å². The lowest BCUT2D eigenvalue weighted by Gasteiger charge is -2.34. The highest BCUT2D eigenvalue weighted by atomic mass is 32.1. The van der Waals surface area contributed by atoms with Crippen molar-refractivity contribution >= 4 is 23.2 Å². The first-order valence-corrected chi connectivity index (χ1v) is 12.9. The maximum atomic E-state index is 13.8. The average Bonchev–Trinajstić information content (AvgIpc) is 3.38. The van der Waals surface area contributed by atoms with Crippen molar-refractivity contribution in [2.24, 2.45) is 0 Å². The molecule has 7 heteroatoms. The summed E-state index contributed by atoms with van der Waals surface area (Å²) in [6.07, 6.45) is 5.37. The molecule has 0 spiro atoms. The van der Waals surface area contributed by atoms with Gasteiger partial charge in [0.2, 0.25) is 11.8 Å². The first-order valence-electron chi connectivity index (χ1n) is 12.0. The Labute approximate surface area is 209 Å². The van der Waals surface area contributed by atoms with Gasteiger partial charge < -0.3 is 15.0 Å². The number of para-hydroxylation sites is 1. The second-order valence-corrected chi connectivity index (χ2v) is 9.92. The molecule has 1 aliphatic carbocycles. The van der Waals surface area contributed by atoms with Gasteiger partial charge in [-0.1, -0.05) is 55.7 Å². The first-order chi connectivity index (χ1) is 17.0. The van der Waals surface area contributed by atoms with Crippen LogP contribution in [0.25, 0.3) is 0 Å². The number of amides is 2. The third-order valence-corrected chi connectivity index (χ3v) is 7.33. The minimum Gasteiger partial charge on any atom is -0.496 e. The first kappa shape index (κ1) is 24.9. The molecule has 2 amide bonds. The van der Waals surface area contributed by atoms with Gasteiger partial charge in [0.05, 0.1) is 20.1 Å². The van der Waals surface area contributed by atoms with E-state index < -0.39 is 6.04 Å². The van der Waals surface area contributed by atoms with E-state index in [-0.39, 0.29) is 36.6 Å². The minimum absolute atomic E-state index is 0.0831. The van der Waals surface area contributed by atoms with Crippen LogP contribution in [0.4, 0.5) is 4.39 Å². The molecule has 184 valence electrons. The Hall–Kier alpha value is -3.19. The van der Waals surface area contributed by atoms with Crippen LogP contribution in [0.15, 0.2) is 66.0 Å². The molecule has 5 nitrogen and oxygen atoms in total. The molecule has 1 saturated carbocycles. The third-order valence-electron chi connectivity index (χ3n) is 6.46. The zero-order valence-corrected chi connectivity index (χ0v) is 20.7. The second-order valence-electron chi connectivity index (χ2n) is 8.89. The second kappa shape index (κ2) is 12.0. The summed E-state index contributed by atoms with van der Waals surface area (Å²) in [5, 5.41) is 5.12. The highest BCUT2D eigenvalue weighted by molar-refractivity contribution is 7.10. The molecule has 0 saturated heterocycles. The zero-order valence-electron chi connectivity index (χ0n) is 19.9. The Morgan fingerprint density at radius 1 is 1.06 bits per heavy atom. The Kier molecular flexibility index (Phi) is 8.53. The number of nitrogens with one attached hydrogen (secondary N) is 1. The van der Waals surface area contributed by atoms with Crippen molar-refractivity contribution < 1.29 is 18.7 Å². The molecule has 0 bridgehead atoms. The highest BCUT2D eigenvalue weighted by Crippen LogP contribution is 2.29. The van der Waals surface area contributed by atoms with Gasteiger partial charge >= 0.3 is 0 Å². The molecule has 2 aromatic carbocycles. The number of ether oxygens (including phenoxy) is 1. The highest BCUT2D eigenvalue weighted by Gasteiger charge is 2.33. The number of thiophene rings is 1. The van der Waals surface area contributed by atoms with Crippen LogP contribution < -0.4 is 10.1 Å². The maximum Gasteiger partial charge on any atom is 0.247 e. The molecule has 1 heterocycles. The number of hydrogen-bond acceptors (Lipinski definition) is 4. The van der Waals surface area contributed by atoms with Crippen LogP contribution in [-0.4, -0.2) is 29.9 Å². The molecule has 4 rings (SSSR count). The van der Waals surface area contributed by atoms with Crippen molar-refractivity contribution in [1.82, 2.24) is 10.2 Å². The molecule has 35 heavy (non-hydrogen) atoms. The number of hydrogen-bond donors (Lipinski definition) is 1. The minimum atomic E-state index is -0.894. The predicted octanol–water partition coefficient (Wildman–Crippen LogP) is 5.66. The largest absolute Gasteiger partial charge is 0.496 e. The van der Waals surface area contributed by atoms with Gasteiger partial charge in [-0.25, -0.2) is 4.39 Å². The van der Waals surface area contributed by atoms with Crippen molar-refractivity contribution in [3.8, 4) is 5.75 Å². The van der Waals surface area contributed by atoms with Crippen LogP contribution >= 0.6 is 11.3 Å². The molecular formula is C28H31FN2O3S. The monoisotopic (exact) mass is 494 g/mol. The van der Waals surface area contributed by atoms with E-state index in [1.165, 1.54) is 29.9 Å². The SMILES string of the molecule is COc1ccccc1CN(C(=O)Cc1cccs1)C(C(=O)NC1CCCCC1)c1ccc(F)cc1. The lowest BCUT2D eigenvalue weighted by Crippen LogP contribution is -2.47. The number of carbonyl (C=O) groups excluding carboxylic acids is 2. The van der Waals surface area contributed by atoms with Gasteiger partial charge in [-0.05, 0) is 48.1 Å². The van der Waals surface area contributed by atoms with Gasteiger partial charge in [-0.2, -0.15) is 0 Å². The molecule has 1 N–H and O–H groups in total. The Balaban J connectivity index is 1.71. The van der Waals surface area contributed by atoms with Gasteiger partial charge in [-0.15, -0.1) is 11.3 Å². The lowest BCUT2D eigenvalue weighted by atomic mass is 9.94. The van der Waals surface area contributed by atoms with E-state index in [2.05, 4.69) is 5.32 Å². The Morgan fingerprint density at radius 2 is 1.80 bits per heavy atom. The summed E-state index contributed by atoms with van der Waals surface area (Å²) >= 11 is 1.51. The molecule has 0 aliphatic heterocycles. The predicted molar refractivity (Wildman–Crippen MR) is 136 cm³/mol. The fourth-order valence-corrected chi connectivity index (χ4v) is 5.35. The Bertz CT molecular complexity index is 1110. The standard InChI is InChI=1S/C28H31FN2O3S/c1-34-25-12-6-5-8-21(25)19-31(26(32)18-24-11-7-17-35-24)27(20-13-15-22(29)16-14-20)28(33)30-23-9-3-2-4-10-23/h5-8,11-17,23,27H,2-4,9-10,18-19H2,1H3,(H,30,33). The summed E-state index contributed by atoms with van der Waals surface area (Å²) in [4.78, 5) is 30.0. The van der Waals surface area contributed by atoms with Crippen molar-refractivity contribution in [3.63, 3.8) is 0 Å². The van der Waals surface area contributed by atoms with E-state index in [0.29, 0.717) is 11.3 Å². The summed E-state index contributed by atoms with van der Waals surface area (Å²) in [6.45, 7) is 0.189.